The molecule has 0 amide bonds. The van der Waals surface area contributed by atoms with E-state index in [1.807, 2.05) is 24.3 Å². The zero-order chi connectivity index (χ0) is 14.1. The van der Waals surface area contributed by atoms with E-state index in [9.17, 15) is 5.11 Å². The molecule has 0 aliphatic carbocycles. The Morgan fingerprint density at radius 3 is 2.58 bits per heavy atom. The van der Waals surface area contributed by atoms with E-state index in [0.717, 1.165) is 12.8 Å². The highest BCUT2D eigenvalue weighted by molar-refractivity contribution is 5.39. The van der Waals surface area contributed by atoms with Crippen LogP contribution in [0.3, 0.4) is 0 Å². The van der Waals surface area contributed by atoms with E-state index in [-0.39, 0.29) is 6.61 Å². The summed E-state index contributed by atoms with van der Waals surface area (Å²) in [5, 5.41) is 13.1. The topological polar surface area (TPSA) is 50.7 Å². The summed E-state index contributed by atoms with van der Waals surface area (Å²) in [4.78, 5) is 0. The second-order valence-electron chi connectivity index (χ2n) is 4.71. The first kappa shape index (κ1) is 15.8. The molecule has 0 bridgehead atoms. The normalized spacial score (nSPS) is 13.9. The molecule has 2 N–H and O–H groups in total. The van der Waals surface area contributed by atoms with E-state index in [0.29, 0.717) is 24.1 Å². The van der Waals surface area contributed by atoms with Gasteiger partial charge in [0.1, 0.15) is 12.7 Å². The molecular weight excluding hydrogens is 242 g/mol. The first-order chi connectivity index (χ1) is 9.17. The van der Waals surface area contributed by atoms with E-state index < -0.39 is 6.10 Å². The SMILES string of the molecule is CCCC(C)NCC(O)COc1ccccc1OC. The molecule has 0 fully saturated rings. The Balaban J connectivity index is 2.31. The van der Waals surface area contributed by atoms with Crippen molar-refractivity contribution < 1.29 is 14.6 Å². The molecule has 0 heterocycles. The van der Waals surface area contributed by atoms with E-state index in [1.54, 1.807) is 7.11 Å². The van der Waals surface area contributed by atoms with Crippen LogP contribution in [0.1, 0.15) is 26.7 Å². The summed E-state index contributed by atoms with van der Waals surface area (Å²) >= 11 is 0. The van der Waals surface area contributed by atoms with Gasteiger partial charge in [-0.15, -0.1) is 0 Å². The number of aliphatic hydroxyl groups is 1. The number of methoxy groups -OCH3 is 1. The zero-order valence-electron chi connectivity index (χ0n) is 12.1. The number of aliphatic hydroxyl groups excluding tert-OH is 1. The maximum Gasteiger partial charge on any atom is 0.161 e. The molecule has 108 valence electrons. The number of rotatable bonds is 9. The largest absolute Gasteiger partial charge is 0.493 e. The summed E-state index contributed by atoms with van der Waals surface area (Å²) in [6, 6.07) is 7.86. The summed E-state index contributed by atoms with van der Waals surface area (Å²) in [6.45, 7) is 5.07. The number of benzene rings is 1. The molecule has 19 heavy (non-hydrogen) atoms. The van der Waals surface area contributed by atoms with Crippen LogP contribution in [-0.2, 0) is 0 Å². The van der Waals surface area contributed by atoms with Gasteiger partial charge in [0, 0.05) is 12.6 Å². The van der Waals surface area contributed by atoms with Crippen molar-refractivity contribution in [1.29, 1.82) is 0 Å². The highest BCUT2D eigenvalue weighted by Gasteiger charge is 2.09. The molecule has 0 aliphatic rings. The molecule has 0 aromatic heterocycles. The Morgan fingerprint density at radius 2 is 1.95 bits per heavy atom. The molecule has 2 unspecified atom stereocenters. The molecule has 0 radical (unpaired) electrons. The van der Waals surface area contributed by atoms with Crippen LogP contribution in [0.4, 0.5) is 0 Å². The predicted molar refractivity (Wildman–Crippen MR) is 76.9 cm³/mol. The van der Waals surface area contributed by atoms with Crippen molar-refractivity contribution in [3.05, 3.63) is 24.3 Å². The summed E-state index contributed by atoms with van der Waals surface area (Å²) in [5.74, 6) is 1.34. The molecule has 4 heteroatoms. The number of hydrogen-bond acceptors (Lipinski definition) is 4. The summed E-state index contributed by atoms with van der Waals surface area (Å²) < 4.78 is 10.8. The van der Waals surface area contributed by atoms with Crippen LogP contribution in [0, 0.1) is 0 Å². The standard InChI is InChI=1S/C15H25NO3/c1-4-7-12(2)16-10-13(17)11-19-15-9-6-5-8-14(15)18-3/h5-6,8-9,12-13,16-17H,4,7,10-11H2,1-3H3. The molecule has 0 spiro atoms. The van der Waals surface area contributed by atoms with Crippen LogP contribution in [0.5, 0.6) is 11.5 Å². The molecule has 0 saturated heterocycles. The third-order valence-electron chi connectivity index (χ3n) is 2.92. The van der Waals surface area contributed by atoms with Crippen molar-refractivity contribution >= 4 is 0 Å². The number of nitrogens with one attached hydrogen (secondary N) is 1. The Morgan fingerprint density at radius 1 is 1.26 bits per heavy atom. The minimum Gasteiger partial charge on any atom is -0.493 e. The molecule has 2 atom stereocenters. The highest BCUT2D eigenvalue weighted by Crippen LogP contribution is 2.25. The van der Waals surface area contributed by atoms with Crippen molar-refractivity contribution in [3.8, 4) is 11.5 Å². The van der Waals surface area contributed by atoms with Crippen molar-refractivity contribution in [1.82, 2.24) is 5.32 Å². The van der Waals surface area contributed by atoms with Crippen LogP contribution in [-0.4, -0.2) is 37.5 Å². The second-order valence-corrected chi connectivity index (χ2v) is 4.71. The Bertz CT molecular complexity index is 357. The molecule has 0 aliphatic heterocycles. The fourth-order valence-electron chi connectivity index (χ4n) is 1.86. The fraction of sp³-hybridized carbons (Fsp3) is 0.600. The van der Waals surface area contributed by atoms with Crippen LogP contribution >= 0.6 is 0 Å². The van der Waals surface area contributed by atoms with Crippen LogP contribution in [0.2, 0.25) is 0 Å². The smallest absolute Gasteiger partial charge is 0.161 e. The van der Waals surface area contributed by atoms with Gasteiger partial charge >= 0.3 is 0 Å². The molecule has 1 rings (SSSR count). The molecular formula is C15H25NO3. The van der Waals surface area contributed by atoms with Gasteiger partial charge < -0.3 is 19.9 Å². The maximum absolute atomic E-state index is 9.86. The third kappa shape index (κ3) is 5.94. The highest BCUT2D eigenvalue weighted by atomic mass is 16.5. The van der Waals surface area contributed by atoms with Crippen molar-refractivity contribution in [2.75, 3.05) is 20.3 Å². The van der Waals surface area contributed by atoms with E-state index in [2.05, 4.69) is 19.2 Å². The Hall–Kier alpha value is -1.26. The average Bonchev–Trinajstić information content (AvgIpc) is 2.43. The van der Waals surface area contributed by atoms with E-state index in [1.165, 1.54) is 0 Å². The van der Waals surface area contributed by atoms with Crippen LogP contribution < -0.4 is 14.8 Å². The molecule has 0 saturated carbocycles. The van der Waals surface area contributed by atoms with Gasteiger partial charge in [-0.05, 0) is 25.5 Å². The van der Waals surface area contributed by atoms with E-state index >= 15 is 0 Å². The minimum atomic E-state index is -0.524. The molecule has 4 nitrogen and oxygen atoms in total. The van der Waals surface area contributed by atoms with Gasteiger partial charge in [0.2, 0.25) is 0 Å². The van der Waals surface area contributed by atoms with Crippen molar-refractivity contribution in [3.63, 3.8) is 0 Å². The quantitative estimate of drug-likeness (QED) is 0.720. The lowest BCUT2D eigenvalue weighted by molar-refractivity contribution is 0.102. The first-order valence-electron chi connectivity index (χ1n) is 6.84. The Kier molecular flexibility index (Phi) is 7.30. The third-order valence-corrected chi connectivity index (χ3v) is 2.92. The first-order valence-corrected chi connectivity index (χ1v) is 6.84. The lowest BCUT2D eigenvalue weighted by atomic mass is 10.2. The van der Waals surface area contributed by atoms with Gasteiger partial charge in [-0.1, -0.05) is 25.5 Å². The van der Waals surface area contributed by atoms with Gasteiger partial charge in [0.15, 0.2) is 11.5 Å². The number of para-hydroxylation sites is 2. The van der Waals surface area contributed by atoms with E-state index in [4.69, 9.17) is 9.47 Å². The average molecular weight is 267 g/mol. The molecule has 1 aromatic rings. The van der Waals surface area contributed by atoms with Crippen molar-refractivity contribution in [2.24, 2.45) is 0 Å². The second kappa shape index (κ2) is 8.77. The lowest BCUT2D eigenvalue weighted by Gasteiger charge is -2.17. The maximum atomic E-state index is 9.86. The number of ether oxygens (including phenoxy) is 2. The Labute approximate surface area is 115 Å². The van der Waals surface area contributed by atoms with Gasteiger partial charge in [0.05, 0.1) is 7.11 Å². The summed E-state index contributed by atoms with van der Waals surface area (Å²) in [6.07, 6.45) is 1.73. The van der Waals surface area contributed by atoms with Crippen LogP contribution in [0.25, 0.3) is 0 Å². The minimum absolute atomic E-state index is 0.256. The van der Waals surface area contributed by atoms with Crippen LogP contribution in [0.15, 0.2) is 24.3 Å². The van der Waals surface area contributed by atoms with Gasteiger partial charge in [0.25, 0.3) is 0 Å². The lowest BCUT2D eigenvalue weighted by Crippen LogP contribution is -2.36. The van der Waals surface area contributed by atoms with Gasteiger partial charge in [-0.2, -0.15) is 0 Å². The molecule has 1 aromatic carbocycles. The van der Waals surface area contributed by atoms with Crippen molar-refractivity contribution in [2.45, 2.75) is 38.8 Å². The summed E-state index contributed by atoms with van der Waals surface area (Å²) in [5.41, 5.74) is 0. The summed E-state index contributed by atoms with van der Waals surface area (Å²) in [7, 11) is 1.60. The van der Waals surface area contributed by atoms with Gasteiger partial charge in [-0.3, -0.25) is 0 Å². The fourth-order valence-corrected chi connectivity index (χ4v) is 1.86. The van der Waals surface area contributed by atoms with Gasteiger partial charge in [-0.25, -0.2) is 0 Å². The predicted octanol–water partition coefficient (Wildman–Crippen LogP) is 2.21. The monoisotopic (exact) mass is 267 g/mol. The zero-order valence-corrected chi connectivity index (χ0v) is 12.1. The number of hydrogen-bond donors (Lipinski definition) is 2.